The maximum absolute atomic E-state index is 12.7. The zero-order chi connectivity index (χ0) is 18.2. The van der Waals surface area contributed by atoms with Gasteiger partial charge in [0.05, 0.1) is 17.2 Å². The van der Waals surface area contributed by atoms with Crippen molar-refractivity contribution in [3.8, 4) is 0 Å². The van der Waals surface area contributed by atoms with E-state index in [4.69, 9.17) is 0 Å². The molecule has 0 spiro atoms. The van der Waals surface area contributed by atoms with Crippen LogP contribution in [0.5, 0.6) is 0 Å². The highest BCUT2D eigenvalue weighted by Crippen LogP contribution is 2.39. The van der Waals surface area contributed by atoms with Gasteiger partial charge in [0.1, 0.15) is 12.1 Å². The van der Waals surface area contributed by atoms with E-state index in [0.29, 0.717) is 17.2 Å². The highest BCUT2D eigenvalue weighted by atomic mass is 16.1. The molecule has 1 aliphatic heterocycles. The zero-order valence-electron chi connectivity index (χ0n) is 15.3. The van der Waals surface area contributed by atoms with Gasteiger partial charge in [-0.3, -0.25) is 9.36 Å². The second-order valence-corrected chi connectivity index (χ2v) is 7.73. The van der Waals surface area contributed by atoms with Crippen molar-refractivity contribution < 1.29 is 0 Å². The molecule has 2 aliphatic rings. The Morgan fingerprint density at radius 2 is 1.81 bits per heavy atom. The first-order valence-corrected chi connectivity index (χ1v) is 9.79. The van der Waals surface area contributed by atoms with Crippen molar-refractivity contribution in [1.29, 1.82) is 0 Å². The van der Waals surface area contributed by atoms with E-state index in [0.717, 1.165) is 43.8 Å². The van der Waals surface area contributed by atoms with Gasteiger partial charge in [-0.1, -0.05) is 12.1 Å². The molecular weight excluding hydrogens is 338 g/mol. The third-order valence-electron chi connectivity index (χ3n) is 5.79. The van der Waals surface area contributed by atoms with Crippen LogP contribution >= 0.6 is 0 Å². The average molecular weight is 361 g/mol. The van der Waals surface area contributed by atoms with E-state index >= 15 is 0 Å². The third kappa shape index (κ3) is 3.31. The van der Waals surface area contributed by atoms with Gasteiger partial charge in [0.15, 0.2) is 0 Å². The summed E-state index contributed by atoms with van der Waals surface area (Å²) in [5.74, 6) is 2.19. The number of benzene rings is 1. The summed E-state index contributed by atoms with van der Waals surface area (Å²) < 4.78 is 1.78. The molecule has 6 nitrogen and oxygen atoms in total. The number of fused-ring (bicyclic) bond motifs is 1. The SMILES string of the molecule is O=c1c2ccccc2ncn1CC1CCN(c2cc(C3CC3)ncn2)CC1. The summed E-state index contributed by atoms with van der Waals surface area (Å²) >= 11 is 0. The topological polar surface area (TPSA) is 63.9 Å². The largest absolute Gasteiger partial charge is 0.356 e. The van der Waals surface area contributed by atoms with Crippen LogP contribution < -0.4 is 10.5 Å². The molecule has 1 saturated carbocycles. The van der Waals surface area contributed by atoms with E-state index in [1.165, 1.54) is 18.5 Å². The molecular formula is C21H23N5O. The number of hydrogen-bond donors (Lipinski definition) is 0. The quantitative estimate of drug-likeness (QED) is 0.715. The Hall–Kier alpha value is -2.76. The Balaban J connectivity index is 1.26. The zero-order valence-corrected chi connectivity index (χ0v) is 15.3. The molecule has 27 heavy (non-hydrogen) atoms. The van der Waals surface area contributed by atoms with Crippen LogP contribution in [-0.4, -0.2) is 32.6 Å². The van der Waals surface area contributed by atoms with Gasteiger partial charge in [-0.05, 0) is 43.7 Å². The first kappa shape index (κ1) is 16.4. The molecule has 0 radical (unpaired) electrons. The van der Waals surface area contributed by atoms with E-state index in [-0.39, 0.29) is 5.56 Å². The van der Waals surface area contributed by atoms with Crippen LogP contribution in [-0.2, 0) is 6.54 Å². The highest BCUT2D eigenvalue weighted by Gasteiger charge is 2.27. The Labute approximate surface area is 157 Å². The monoisotopic (exact) mass is 361 g/mol. The number of rotatable bonds is 4. The minimum atomic E-state index is 0.0629. The number of anilines is 1. The molecule has 2 aromatic heterocycles. The van der Waals surface area contributed by atoms with Crippen LogP contribution in [0.25, 0.3) is 10.9 Å². The molecule has 1 aromatic carbocycles. The van der Waals surface area contributed by atoms with Crippen molar-refractivity contribution in [1.82, 2.24) is 19.5 Å². The van der Waals surface area contributed by atoms with Gasteiger partial charge in [-0.2, -0.15) is 0 Å². The summed E-state index contributed by atoms with van der Waals surface area (Å²) in [5, 5.41) is 0.700. The number of para-hydroxylation sites is 1. The van der Waals surface area contributed by atoms with Crippen molar-refractivity contribution >= 4 is 16.7 Å². The lowest BCUT2D eigenvalue weighted by Crippen LogP contribution is -2.37. The van der Waals surface area contributed by atoms with Crippen LogP contribution in [0.2, 0.25) is 0 Å². The maximum Gasteiger partial charge on any atom is 0.261 e. The van der Waals surface area contributed by atoms with Crippen molar-refractivity contribution in [3.63, 3.8) is 0 Å². The molecule has 0 amide bonds. The van der Waals surface area contributed by atoms with Crippen LogP contribution in [0.15, 0.2) is 47.8 Å². The molecule has 3 aromatic rings. The van der Waals surface area contributed by atoms with Crippen LogP contribution in [0, 0.1) is 5.92 Å². The van der Waals surface area contributed by atoms with Crippen molar-refractivity contribution in [2.45, 2.75) is 38.1 Å². The fourth-order valence-electron chi connectivity index (χ4n) is 4.00. The van der Waals surface area contributed by atoms with Gasteiger partial charge in [0.2, 0.25) is 0 Å². The molecule has 138 valence electrons. The fraction of sp³-hybridized carbons (Fsp3) is 0.429. The van der Waals surface area contributed by atoms with Gasteiger partial charge in [-0.15, -0.1) is 0 Å². The van der Waals surface area contributed by atoms with E-state index < -0.39 is 0 Å². The second-order valence-electron chi connectivity index (χ2n) is 7.73. The molecule has 2 fully saturated rings. The van der Waals surface area contributed by atoms with Crippen molar-refractivity contribution in [2.24, 2.45) is 5.92 Å². The van der Waals surface area contributed by atoms with Crippen molar-refractivity contribution in [3.05, 3.63) is 59.0 Å². The van der Waals surface area contributed by atoms with Gasteiger partial charge in [0.25, 0.3) is 5.56 Å². The first-order valence-electron chi connectivity index (χ1n) is 9.79. The Morgan fingerprint density at radius 1 is 1.00 bits per heavy atom. The Morgan fingerprint density at radius 3 is 2.63 bits per heavy atom. The van der Waals surface area contributed by atoms with Gasteiger partial charge in [0, 0.05) is 37.3 Å². The van der Waals surface area contributed by atoms with Gasteiger partial charge in [-0.25, -0.2) is 15.0 Å². The molecule has 5 rings (SSSR count). The summed E-state index contributed by atoms with van der Waals surface area (Å²) in [7, 11) is 0. The van der Waals surface area contributed by atoms with Gasteiger partial charge >= 0.3 is 0 Å². The summed E-state index contributed by atoms with van der Waals surface area (Å²) in [6, 6.07) is 9.71. The lowest BCUT2D eigenvalue weighted by Gasteiger charge is -2.33. The number of piperidine rings is 1. The number of hydrogen-bond acceptors (Lipinski definition) is 5. The lowest BCUT2D eigenvalue weighted by molar-refractivity contribution is 0.351. The molecule has 0 atom stereocenters. The minimum Gasteiger partial charge on any atom is -0.356 e. The average Bonchev–Trinajstić information content (AvgIpc) is 3.56. The molecule has 0 N–H and O–H groups in total. The summed E-state index contributed by atoms with van der Waals surface area (Å²) in [6.07, 6.45) is 8.03. The predicted molar refractivity (Wildman–Crippen MR) is 105 cm³/mol. The lowest BCUT2D eigenvalue weighted by atomic mass is 9.96. The molecule has 0 bridgehead atoms. The standard InChI is InChI=1S/C21H23N5O/c27-21-17-3-1-2-4-18(17)24-14-26(21)12-15-7-9-25(10-8-15)20-11-19(16-5-6-16)22-13-23-20/h1-4,11,13-16H,5-10,12H2. The van der Waals surface area contributed by atoms with E-state index in [2.05, 4.69) is 25.9 Å². The number of aromatic nitrogens is 4. The first-order chi connectivity index (χ1) is 13.3. The van der Waals surface area contributed by atoms with Crippen LogP contribution in [0.3, 0.4) is 0 Å². The van der Waals surface area contributed by atoms with Crippen LogP contribution in [0.4, 0.5) is 5.82 Å². The predicted octanol–water partition coefficient (Wildman–Crippen LogP) is 2.98. The molecule has 0 unspecified atom stereocenters. The van der Waals surface area contributed by atoms with E-state index in [1.54, 1.807) is 17.2 Å². The summed E-state index contributed by atoms with van der Waals surface area (Å²) in [6.45, 7) is 2.69. The smallest absolute Gasteiger partial charge is 0.261 e. The summed E-state index contributed by atoms with van der Waals surface area (Å²) in [5.41, 5.74) is 2.02. The Bertz CT molecular complexity index is 1020. The minimum absolute atomic E-state index is 0.0629. The Kier molecular flexibility index (Phi) is 4.11. The molecule has 1 saturated heterocycles. The maximum atomic E-state index is 12.7. The number of nitrogens with zero attached hydrogens (tertiary/aromatic N) is 5. The van der Waals surface area contributed by atoms with Crippen LogP contribution in [0.1, 0.15) is 37.3 Å². The van der Waals surface area contributed by atoms with E-state index in [1.807, 2.05) is 24.3 Å². The molecule has 1 aliphatic carbocycles. The summed E-state index contributed by atoms with van der Waals surface area (Å²) in [4.78, 5) is 28.4. The fourth-order valence-corrected chi connectivity index (χ4v) is 4.00. The third-order valence-corrected chi connectivity index (χ3v) is 5.79. The normalized spacial score (nSPS) is 18.1. The van der Waals surface area contributed by atoms with Crippen molar-refractivity contribution in [2.75, 3.05) is 18.0 Å². The van der Waals surface area contributed by atoms with Gasteiger partial charge < -0.3 is 4.90 Å². The highest BCUT2D eigenvalue weighted by molar-refractivity contribution is 5.76. The molecule has 6 heteroatoms. The van der Waals surface area contributed by atoms with E-state index in [9.17, 15) is 4.79 Å². The molecule has 3 heterocycles. The second kappa shape index (κ2) is 6.76.